The van der Waals surface area contributed by atoms with Gasteiger partial charge in [0, 0.05) is 18.0 Å². The Morgan fingerprint density at radius 1 is 0.865 bits per heavy atom. The molecule has 0 spiro atoms. The molecule has 0 saturated heterocycles. The summed E-state index contributed by atoms with van der Waals surface area (Å²) < 4.78 is 11.3. The highest BCUT2D eigenvalue weighted by Gasteiger charge is 2.16. The minimum Gasteiger partial charge on any atom is -0.486 e. The van der Waals surface area contributed by atoms with Crippen LogP contribution in [0.25, 0.3) is 32.8 Å². The van der Waals surface area contributed by atoms with Crippen LogP contribution in [0.2, 0.25) is 0 Å². The molecule has 0 fully saturated rings. The Balaban J connectivity index is 1.39. The van der Waals surface area contributed by atoms with Crippen LogP contribution in [-0.2, 0) is 11.4 Å². The fourth-order valence-corrected chi connectivity index (χ4v) is 4.85. The van der Waals surface area contributed by atoms with Gasteiger partial charge in [0.05, 0.1) is 10.6 Å². The molecule has 0 radical (unpaired) electrons. The molecule has 1 N–H and O–H groups in total. The van der Waals surface area contributed by atoms with E-state index in [4.69, 9.17) is 19.6 Å². The summed E-state index contributed by atoms with van der Waals surface area (Å²) in [5, 5.41) is 9.63. The van der Waals surface area contributed by atoms with Crippen LogP contribution in [0.4, 0.5) is 0 Å². The van der Waals surface area contributed by atoms with Gasteiger partial charge >= 0.3 is 5.97 Å². The minimum atomic E-state index is -1.02. The van der Waals surface area contributed by atoms with Gasteiger partial charge in [0.15, 0.2) is 6.61 Å². The smallest absolute Gasteiger partial charge is 0.341 e. The highest BCUT2D eigenvalue weighted by Crippen LogP contribution is 2.38. The largest absolute Gasteiger partial charge is 0.486 e. The van der Waals surface area contributed by atoms with E-state index >= 15 is 0 Å². The van der Waals surface area contributed by atoms with Crippen molar-refractivity contribution in [2.75, 3.05) is 6.61 Å². The summed E-state index contributed by atoms with van der Waals surface area (Å²) in [5.41, 5.74) is 5.80. The van der Waals surface area contributed by atoms with E-state index in [-0.39, 0.29) is 13.2 Å². The predicted octanol–water partition coefficient (Wildman–Crippen LogP) is 6.28. The van der Waals surface area contributed by atoms with Crippen LogP contribution >= 0.6 is 11.3 Å². The number of benzene rings is 3. The second kappa shape index (κ2) is 11.0. The van der Waals surface area contributed by atoms with Crippen molar-refractivity contribution in [2.24, 2.45) is 0 Å². The van der Waals surface area contributed by atoms with Gasteiger partial charge in [0.2, 0.25) is 0 Å². The molecule has 2 aromatic heterocycles. The molecule has 0 aliphatic rings. The Morgan fingerprint density at radius 2 is 1.57 bits per heavy atom. The van der Waals surface area contributed by atoms with Gasteiger partial charge in [-0.3, -0.25) is 0 Å². The topological polar surface area (TPSA) is 94.4 Å². The summed E-state index contributed by atoms with van der Waals surface area (Å²) in [7, 11) is 0. The van der Waals surface area contributed by atoms with Crippen molar-refractivity contribution in [3.63, 3.8) is 0 Å². The van der Waals surface area contributed by atoms with Crippen molar-refractivity contribution in [2.45, 2.75) is 13.5 Å². The third kappa shape index (κ3) is 5.82. The Kier molecular flexibility index (Phi) is 7.19. The summed E-state index contributed by atoms with van der Waals surface area (Å²) in [6, 6.07) is 24.0. The third-order valence-corrected chi connectivity index (χ3v) is 6.70. The maximum Gasteiger partial charge on any atom is 0.341 e. The van der Waals surface area contributed by atoms with Gasteiger partial charge in [-0.1, -0.05) is 54.6 Å². The molecule has 184 valence electrons. The van der Waals surface area contributed by atoms with Crippen molar-refractivity contribution in [1.29, 1.82) is 0 Å². The zero-order valence-electron chi connectivity index (χ0n) is 20.0. The summed E-state index contributed by atoms with van der Waals surface area (Å²) in [4.78, 5) is 25.0. The average molecular weight is 510 g/mol. The van der Waals surface area contributed by atoms with Crippen LogP contribution in [0, 0.1) is 6.92 Å². The van der Waals surface area contributed by atoms with Crippen LogP contribution in [0.3, 0.4) is 0 Å². The highest BCUT2D eigenvalue weighted by atomic mass is 32.1. The normalized spacial score (nSPS) is 10.7. The molecule has 0 saturated carbocycles. The number of aromatic nitrogens is 3. The molecule has 5 aromatic rings. The van der Waals surface area contributed by atoms with E-state index in [9.17, 15) is 4.79 Å². The second-order valence-electron chi connectivity index (χ2n) is 8.25. The fourth-order valence-electron chi connectivity index (χ4n) is 3.84. The molecule has 0 aliphatic heterocycles. The van der Waals surface area contributed by atoms with E-state index in [2.05, 4.69) is 46.4 Å². The van der Waals surface area contributed by atoms with Gasteiger partial charge in [-0.05, 0) is 47.4 Å². The number of nitrogens with zero attached hydrogens (tertiary/aromatic N) is 3. The molecular formula is C29H23N3O4S. The number of rotatable bonds is 9. The highest BCUT2D eigenvalue weighted by molar-refractivity contribution is 7.15. The first-order chi connectivity index (χ1) is 18.1. The van der Waals surface area contributed by atoms with E-state index in [0.29, 0.717) is 11.5 Å². The molecule has 37 heavy (non-hydrogen) atoms. The van der Waals surface area contributed by atoms with Crippen molar-refractivity contribution in [3.8, 4) is 44.3 Å². The Bertz CT molecular complexity index is 1500. The third-order valence-electron chi connectivity index (χ3n) is 5.62. The Labute approximate surface area is 218 Å². The number of hydrogen-bond donors (Lipinski definition) is 1. The minimum absolute atomic E-state index is 0.280. The number of carboxylic acids is 1. The molecular weight excluding hydrogens is 486 g/mol. The van der Waals surface area contributed by atoms with E-state index in [1.165, 1.54) is 11.9 Å². The van der Waals surface area contributed by atoms with Crippen LogP contribution in [0.15, 0.2) is 91.5 Å². The number of carbonyl (C=O) groups is 1. The molecule has 0 atom stereocenters. The van der Waals surface area contributed by atoms with Gasteiger partial charge in [0.25, 0.3) is 0 Å². The Hall–Kier alpha value is -4.56. The first-order valence-corrected chi connectivity index (χ1v) is 12.4. The van der Waals surface area contributed by atoms with Crippen LogP contribution in [0.5, 0.6) is 11.5 Å². The lowest BCUT2D eigenvalue weighted by molar-refractivity contribution is -0.139. The van der Waals surface area contributed by atoms with Crippen molar-refractivity contribution >= 4 is 17.3 Å². The average Bonchev–Trinajstić information content (AvgIpc) is 3.37. The number of ether oxygens (including phenoxy) is 2. The van der Waals surface area contributed by atoms with Gasteiger partial charge in [-0.15, -0.1) is 11.3 Å². The molecule has 3 aromatic carbocycles. The monoisotopic (exact) mass is 509 g/mol. The predicted molar refractivity (Wildman–Crippen MR) is 143 cm³/mol. The van der Waals surface area contributed by atoms with Gasteiger partial charge in [0.1, 0.15) is 29.4 Å². The van der Waals surface area contributed by atoms with E-state index in [1.807, 2.05) is 31.2 Å². The number of aliphatic carboxylic acids is 1. The van der Waals surface area contributed by atoms with E-state index in [0.717, 1.165) is 37.8 Å². The number of hydrogen-bond acceptors (Lipinski definition) is 7. The number of aryl methyl sites for hydroxylation is 1. The lowest BCUT2D eigenvalue weighted by atomic mass is 10.0. The quantitative estimate of drug-likeness (QED) is 0.250. The van der Waals surface area contributed by atoms with E-state index < -0.39 is 5.97 Å². The molecule has 2 heterocycles. The maximum atomic E-state index is 10.8. The molecule has 7 nitrogen and oxygen atoms in total. The Morgan fingerprint density at radius 3 is 2.27 bits per heavy atom. The standard InChI is InChI=1S/C29H23N3O4S/c1-19-13-24(11-12-25(19)36-17-27(33)34)35-16-26-32-28(23-14-30-18-31-15-23)29(37-26)22-9-7-21(8-10-22)20-5-3-2-4-6-20/h2-15,18H,16-17H2,1H3,(H,33,34). The first kappa shape index (κ1) is 24.1. The summed E-state index contributed by atoms with van der Waals surface area (Å²) >= 11 is 1.57. The zero-order valence-corrected chi connectivity index (χ0v) is 20.8. The molecule has 0 bridgehead atoms. The van der Waals surface area contributed by atoms with Crippen LogP contribution in [0.1, 0.15) is 10.6 Å². The lowest BCUT2D eigenvalue weighted by Crippen LogP contribution is -2.10. The zero-order chi connectivity index (χ0) is 25.6. The SMILES string of the molecule is Cc1cc(OCc2nc(-c3cncnc3)c(-c3ccc(-c4ccccc4)cc3)s2)ccc1OCC(=O)O. The maximum absolute atomic E-state index is 10.8. The van der Waals surface area contributed by atoms with Crippen molar-refractivity contribution < 1.29 is 19.4 Å². The van der Waals surface area contributed by atoms with Crippen LogP contribution in [-0.4, -0.2) is 32.6 Å². The van der Waals surface area contributed by atoms with Crippen LogP contribution < -0.4 is 9.47 Å². The lowest BCUT2D eigenvalue weighted by Gasteiger charge is -2.09. The molecule has 5 rings (SSSR count). The van der Waals surface area contributed by atoms with E-state index in [1.54, 1.807) is 35.9 Å². The number of carboxylic acid groups (broad SMARTS) is 1. The molecule has 8 heteroatoms. The second-order valence-corrected chi connectivity index (χ2v) is 9.34. The van der Waals surface area contributed by atoms with Crippen molar-refractivity contribution in [1.82, 2.24) is 15.0 Å². The van der Waals surface area contributed by atoms with Gasteiger partial charge in [-0.25, -0.2) is 19.7 Å². The van der Waals surface area contributed by atoms with Crippen molar-refractivity contribution in [3.05, 3.63) is 102 Å². The first-order valence-electron chi connectivity index (χ1n) is 11.6. The molecule has 0 aliphatic carbocycles. The summed E-state index contributed by atoms with van der Waals surface area (Å²) in [5.74, 6) is 0.138. The van der Waals surface area contributed by atoms with Gasteiger partial charge < -0.3 is 14.6 Å². The summed E-state index contributed by atoms with van der Waals surface area (Å²) in [6.07, 6.45) is 5.02. The van der Waals surface area contributed by atoms with Gasteiger partial charge in [-0.2, -0.15) is 0 Å². The molecule has 0 amide bonds. The molecule has 0 unspecified atom stereocenters. The number of thiazole rings is 1. The fraction of sp³-hybridized carbons (Fsp3) is 0.103. The summed E-state index contributed by atoms with van der Waals surface area (Å²) in [6.45, 7) is 1.74.